The molecule has 186 valence electrons. The molecule has 0 radical (unpaired) electrons. The Morgan fingerprint density at radius 2 is 1.94 bits per heavy atom. The fourth-order valence-corrected chi connectivity index (χ4v) is 5.18. The van der Waals surface area contributed by atoms with Crippen LogP contribution in [0.4, 0.5) is 0 Å². The van der Waals surface area contributed by atoms with Crippen molar-refractivity contribution in [3.8, 4) is 0 Å². The summed E-state index contributed by atoms with van der Waals surface area (Å²) in [5.74, 6) is -3.95. The van der Waals surface area contributed by atoms with Crippen molar-refractivity contribution in [2.24, 2.45) is 17.3 Å². The lowest BCUT2D eigenvalue weighted by Crippen LogP contribution is -2.68. The maximum atomic E-state index is 13.2. The highest BCUT2D eigenvalue weighted by Crippen LogP contribution is 2.48. The Balaban J connectivity index is 2.05. The zero-order valence-electron chi connectivity index (χ0n) is 21.0. The van der Waals surface area contributed by atoms with Crippen LogP contribution < -0.4 is 0 Å². The number of rotatable bonds is 3. The zero-order valence-corrected chi connectivity index (χ0v) is 21.0. The Morgan fingerprint density at radius 1 is 1.27 bits per heavy atom. The van der Waals surface area contributed by atoms with Gasteiger partial charge >= 0.3 is 5.97 Å². The molecule has 0 amide bonds. The summed E-state index contributed by atoms with van der Waals surface area (Å²) in [6, 6.07) is 0. The molecule has 0 aliphatic carbocycles. The molecule has 0 unspecified atom stereocenters. The summed E-state index contributed by atoms with van der Waals surface area (Å²) >= 11 is 0. The smallest absolute Gasteiger partial charge is 0.331 e. The van der Waals surface area contributed by atoms with Gasteiger partial charge in [-0.3, -0.25) is 4.79 Å². The van der Waals surface area contributed by atoms with Gasteiger partial charge in [0.2, 0.25) is 5.79 Å². The minimum absolute atomic E-state index is 0.176. The van der Waals surface area contributed by atoms with Crippen molar-refractivity contribution in [3.63, 3.8) is 0 Å². The van der Waals surface area contributed by atoms with Crippen LogP contribution in [-0.2, 0) is 23.8 Å². The van der Waals surface area contributed by atoms with Crippen molar-refractivity contribution in [3.05, 3.63) is 23.8 Å². The first-order chi connectivity index (χ1) is 15.2. The third-order valence-electron chi connectivity index (χ3n) is 7.70. The predicted octanol–water partition coefficient (Wildman–Crippen LogP) is 3.47. The molecular weight excluding hydrogens is 424 g/mol. The van der Waals surface area contributed by atoms with E-state index < -0.39 is 47.5 Å². The Hall–Kier alpha value is -1.54. The first-order valence-electron chi connectivity index (χ1n) is 12.1. The number of Topliss-reactive ketones (excluding diaryl/α,β-unsaturated/α-hetero) is 1. The highest BCUT2D eigenvalue weighted by atomic mass is 16.7. The zero-order chi connectivity index (χ0) is 24.8. The van der Waals surface area contributed by atoms with E-state index in [1.807, 2.05) is 39.8 Å². The second-order valence-corrected chi connectivity index (χ2v) is 11.0. The molecular formula is C26H40O7. The number of allylic oxidation sites excluding steroid dienone is 2. The topological polar surface area (TPSA) is 102 Å². The Morgan fingerprint density at radius 3 is 2.58 bits per heavy atom. The number of carbonyl (C=O) groups is 2. The van der Waals surface area contributed by atoms with E-state index in [9.17, 15) is 19.8 Å². The van der Waals surface area contributed by atoms with Crippen LogP contribution in [0.5, 0.6) is 0 Å². The first-order valence-corrected chi connectivity index (χ1v) is 12.1. The lowest BCUT2D eigenvalue weighted by molar-refractivity contribution is -0.363. The number of ketones is 1. The van der Waals surface area contributed by atoms with Crippen LogP contribution in [0.1, 0.15) is 74.1 Å². The van der Waals surface area contributed by atoms with E-state index in [4.69, 9.17) is 14.2 Å². The van der Waals surface area contributed by atoms with E-state index in [0.717, 1.165) is 5.57 Å². The van der Waals surface area contributed by atoms with Crippen LogP contribution in [0.3, 0.4) is 0 Å². The number of aliphatic hydroxyl groups excluding tert-OH is 1. The second-order valence-electron chi connectivity index (χ2n) is 11.0. The van der Waals surface area contributed by atoms with Crippen LogP contribution in [0.25, 0.3) is 0 Å². The van der Waals surface area contributed by atoms with Crippen molar-refractivity contribution in [1.82, 2.24) is 0 Å². The van der Waals surface area contributed by atoms with Crippen molar-refractivity contribution < 1.29 is 34.0 Å². The third-order valence-corrected chi connectivity index (χ3v) is 7.70. The van der Waals surface area contributed by atoms with E-state index in [0.29, 0.717) is 19.3 Å². The summed E-state index contributed by atoms with van der Waals surface area (Å²) < 4.78 is 18.0. The number of hydrogen-bond donors (Lipinski definition) is 2. The van der Waals surface area contributed by atoms with Crippen LogP contribution in [0.2, 0.25) is 0 Å². The molecule has 0 aromatic carbocycles. The molecule has 0 spiro atoms. The molecule has 7 nitrogen and oxygen atoms in total. The summed E-state index contributed by atoms with van der Waals surface area (Å²) in [7, 11) is 0. The molecule has 0 saturated carbocycles. The van der Waals surface area contributed by atoms with Gasteiger partial charge < -0.3 is 24.4 Å². The number of hydrogen-bond acceptors (Lipinski definition) is 7. The van der Waals surface area contributed by atoms with Gasteiger partial charge in [-0.1, -0.05) is 52.3 Å². The minimum atomic E-state index is -2.29. The molecule has 2 N–H and O–H groups in total. The summed E-state index contributed by atoms with van der Waals surface area (Å²) in [6.45, 7) is 13.2. The van der Waals surface area contributed by atoms with Crippen LogP contribution in [0, 0.1) is 17.3 Å². The predicted molar refractivity (Wildman–Crippen MR) is 123 cm³/mol. The SMILES string of the molecule is CC/C(C)=C/C(=O)O[C@@H]1[C@H](C)C[C@H]2O[C@]1(O)[C@@H](O)[C@@]1(C)CC[C@H](O1)C(C)(C)/C=C\[C@H](C)C2=O. The fourth-order valence-electron chi connectivity index (χ4n) is 5.18. The van der Waals surface area contributed by atoms with Crippen molar-refractivity contribution in [2.75, 3.05) is 0 Å². The lowest BCUT2D eigenvalue weighted by atomic mass is 9.78. The maximum Gasteiger partial charge on any atom is 0.331 e. The van der Waals surface area contributed by atoms with Crippen LogP contribution in [0.15, 0.2) is 23.8 Å². The molecule has 0 aromatic rings. The number of esters is 1. The number of ether oxygens (including phenoxy) is 3. The number of fused-ring (bicyclic) bond motifs is 4. The van der Waals surface area contributed by atoms with Crippen molar-refractivity contribution in [2.45, 2.75) is 110 Å². The highest BCUT2D eigenvalue weighted by Gasteiger charge is 2.62. The van der Waals surface area contributed by atoms with Gasteiger partial charge in [-0.15, -0.1) is 0 Å². The third kappa shape index (κ3) is 4.97. The fraction of sp³-hybridized carbons (Fsp3) is 0.769. The molecule has 3 aliphatic rings. The van der Waals surface area contributed by atoms with Gasteiger partial charge in [-0.05, 0) is 39.5 Å². The maximum absolute atomic E-state index is 13.2. The Kier molecular flexibility index (Phi) is 7.31. The van der Waals surface area contributed by atoms with E-state index in [1.54, 1.807) is 20.8 Å². The van der Waals surface area contributed by atoms with Gasteiger partial charge in [0, 0.05) is 23.3 Å². The van der Waals surface area contributed by atoms with Gasteiger partial charge in [0.1, 0.15) is 12.2 Å². The van der Waals surface area contributed by atoms with Crippen molar-refractivity contribution in [1.29, 1.82) is 0 Å². The van der Waals surface area contributed by atoms with E-state index in [1.165, 1.54) is 6.08 Å². The Bertz CT molecular complexity index is 830. The molecule has 8 atom stereocenters. The molecule has 2 saturated heterocycles. The van der Waals surface area contributed by atoms with Gasteiger partial charge in [0.25, 0.3) is 0 Å². The molecule has 0 aromatic heterocycles. The molecule has 3 rings (SSSR count). The quantitative estimate of drug-likeness (QED) is 0.375. The van der Waals surface area contributed by atoms with E-state index >= 15 is 0 Å². The van der Waals surface area contributed by atoms with Gasteiger partial charge in [-0.25, -0.2) is 4.79 Å². The molecule has 3 aliphatic heterocycles. The minimum Gasteiger partial charge on any atom is -0.453 e. The summed E-state index contributed by atoms with van der Waals surface area (Å²) in [4.78, 5) is 25.8. The first kappa shape index (κ1) is 26.1. The summed E-state index contributed by atoms with van der Waals surface area (Å²) in [6.07, 6.45) is 3.52. The van der Waals surface area contributed by atoms with Gasteiger partial charge in [0.15, 0.2) is 11.9 Å². The standard InChI is InChI=1S/C26H40O7/c1-8-15(2)13-20(27)31-22-17(4)14-18-21(28)16(3)9-11-24(5,6)19-10-12-25(7,33-19)23(29)26(22,30)32-18/h9,11,13,16-19,22-23,29-30H,8,10,12,14H2,1-7H3/b11-9-,15-13+/t16-,17+,18+,19-,22+,23-,25+,26-/m0/s1. The second kappa shape index (κ2) is 9.25. The molecule has 7 heteroatoms. The molecule has 4 bridgehead atoms. The van der Waals surface area contributed by atoms with Crippen LogP contribution in [-0.4, -0.2) is 57.8 Å². The van der Waals surface area contributed by atoms with E-state index in [2.05, 4.69) is 0 Å². The normalized spacial score (nSPS) is 44.5. The lowest BCUT2D eigenvalue weighted by Gasteiger charge is -2.51. The average molecular weight is 465 g/mol. The summed E-state index contributed by atoms with van der Waals surface area (Å²) in [5.41, 5.74) is -0.675. The average Bonchev–Trinajstić information content (AvgIpc) is 3.17. The highest BCUT2D eigenvalue weighted by molar-refractivity contribution is 5.87. The van der Waals surface area contributed by atoms with Gasteiger partial charge in [0.05, 0.1) is 11.7 Å². The van der Waals surface area contributed by atoms with E-state index in [-0.39, 0.29) is 23.7 Å². The molecule has 2 fully saturated rings. The Labute approximate surface area is 197 Å². The number of aliphatic hydroxyl groups is 2. The van der Waals surface area contributed by atoms with Gasteiger partial charge in [-0.2, -0.15) is 0 Å². The van der Waals surface area contributed by atoms with Crippen molar-refractivity contribution >= 4 is 11.8 Å². The summed E-state index contributed by atoms with van der Waals surface area (Å²) in [5, 5.41) is 23.3. The number of carbonyl (C=O) groups excluding carboxylic acids is 2. The monoisotopic (exact) mass is 464 g/mol. The van der Waals surface area contributed by atoms with Crippen LogP contribution >= 0.6 is 0 Å². The largest absolute Gasteiger partial charge is 0.453 e. The molecule has 3 heterocycles. The molecule has 33 heavy (non-hydrogen) atoms.